The molecule has 1 N–H and O–H groups in total. The molecule has 0 unspecified atom stereocenters. The van der Waals surface area contributed by atoms with Crippen LogP contribution < -0.4 is 4.72 Å². The van der Waals surface area contributed by atoms with Crippen molar-refractivity contribution in [3.05, 3.63) is 88.3 Å². The number of benzene rings is 2. The van der Waals surface area contributed by atoms with E-state index in [-0.39, 0.29) is 10.6 Å². The number of nitrogens with zero attached hydrogens (tertiary/aromatic N) is 3. The Balaban J connectivity index is 1.67. The molecule has 0 saturated carbocycles. The zero-order valence-electron chi connectivity index (χ0n) is 16.8. The quantitative estimate of drug-likeness (QED) is 0.434. The third-order valence-corrected chi connectivity index (χ3v) is 6.54. The minimum absolute atomic E-state index is 0.0243. The van der Waals surface area contributed by atoms with Crippen LogP contribution in [0.2, 0.25) is 5.02 Å². The summed E-state index contributed by atoms with van der Waals surface area (Å²) in [5.74, 6) is -0.216. The lowest BCUT2D eigenvalue weighted by Crippen LogP contribution is -2.31. The minimum Gasteiger partial charge on any atom is -0.308 e. The van der Waals surface area contributed by atoms with Gasteiger partial charge in [-0.3, -0.25) is 9.59 Å². The predicted molar refractivity (Wildman–Crippen MR) is 119 cm³/mol. The van der Waals surface area contributed by atoms with Gasteiger partial charge in [0, 0.05) is 10.6 Å². The van der Waals surface area contributed by atoms with Crippen molar-refractivity contribution >= 4 is 45.0 Å². The van der Waals surface area contributed by atoms with E-state index in [4.69, 9.17) is 11.6 Å². The number of halogens is 1. The van der Waals surface area contributed by atoms with Crippen molar-refractivity contribution in [2.75, 3.05) is 0 Å². The van der Waals surface area contributed by atoms with Crippen molar-refractivity contribution in [1.29, 1.82) is 0 Å². The van der Waals surface area contributed by atoms with Gasteiger partial charge in [-0.1, -0.05) is 41.9 Å². The zero-order valence-corrected chi connectivity index (χ0v) is 18.4. The average molecular weight is 469 g/mol. The molecule has 10 heteroatoms. The summed E-state index contributed by atoms with van der Waals surface area (Å²) in [5.41, 5.74) is 2.08. The topological polar surface area (TPSA) is 111 Å². The van der Waals surface area contributed by atoms with E-state index in [1.807, 2.05) is 4.72 Å². The van der Waals surface area contributed by atoms with Crippen LogP contribution in [0.3, 0.4) is 0 Å². The smallest absolute Gasteiger partial charge is 0.283 e. The highest BCUT2D eigenvalue weighted by Crippen LogP contribution is 2.22. The monoisotopic (exact) mass is 468 g/mol. The number of nitrogens with one attached hydrogen (secondary N) is 1. The van der Waals surface area contributed by atoms with Gasteiger partial charge in [-0.05, 0) is 42.8 Å². The van der Waals surface area contributed by atoms with Crippen LogP contribution in [0.15, 0.2) is 65.6 Å². The summed E-state index contributed by atoms with van der Waals surface area (Å²) in [7, 11) is -4.03. The Morgan fingerprint density at radius 1 is 1.09 bits per heavy atom. The second kappa shape index (κ2) is 8.52. The van der Waals surface area contributed by atoms with Crippen LogP contribution in [0.4, 0.5) is 0 Å². The number of aryl methyl sites for hydroxylation is 1. The molecule has 1 amide bonds. The second-order valence-corrected chi connectivity index (χ2v) is 9.09. The molecule has 0 aliphatic heterocycles. The maximum absolute atomic E-state index is 12.6. The highest BCUT2D eigenvalue weighted by Gasteiger charge is 2.21. The number of hydrogen-bond donors (Lipinski definition) is 1. The van der Waals surface area contributed by atoms with E-state index in [1.54, 1.807) is 54.0 Å². The molecule has 2 aromatic carbocycles. The predicted octanol–water partition coefficient (Wildman–Crippen LogP) is 3.37. The number of amides is 1. The second-order valence-electron chi connectivity index (χ2n) is 7.00. The summed E-state index contributed by atoms with van der Waals surface area (Å²) in [5, 5.41) is 0.415. The molecule has 0 fully saturated rings. The molecule has 4 rings (SSSR count). The third-order valence-electron chi connectivity index (χ3n) is 4.84. The number of aromatic nitrogens is 3. The lowest BCUT2D eigenvalue weighted by atomic mass is 10.1. The van der Waals surface area contributed by atoms with Gasteiger partial charge >= 0.3 is 0 Å². The van der Waals surface area contributed by atoms with Crippen LogP contribution in [0.5, 0.6) is 0 Å². The van der Waals surface area contributed by atoms with Crippen LogP contribution in [-0.4, -0.2) is 35.1 Å². The standard InChI is InChI=1S/C22H17ClN4O4S/c1-14-24-19-9-10-20(22(29)26-32(30,31)17-5-3-2-4-6-17)25-21(19)27(14)12-16-8-7-15(13-28)11-18(16)23/h2-11,13H,12H2,1H3,(H,26,29). The van der Waals surface area contributed by atoms with Gasteiger partial charge in [0.1, 0.15) is 23.3 Å². The lowest BCUT2D eigenvalue weighted by Gasteiger charge is -2.10. The molecule has 4 aromatic rings. The molecular formula is C22H17ClN4O4S. The molecule has 0 bridgehead atoms. The fourth-order valence-electron chi connectivity index (χ4n) is 3.20. The van der Waals surface area contributed by atoms with E-state index in [9.17, 15) is 18.0 Å². The van der Waals surface area contributed by atoms with E-state index in [1.165, 1.54) is 18.2 Å². The molecule has 32 heavy (non-hydrogen) atoms. The summed E-state index contributed by atoms with van der Waals surface area (Å²) in [6, 6.07) is 15.6. The summed E-state index contributed by atoms with van der Waals surface area (Å²) in [6.07, 6.45) is 0.712. The van der Waals surface area contributed by atoms with E-state index in [2.05, 4.69) is 9.97 Å². The molecule has 2 heterocycles. The van der Waals surface area contributed by atoms with Crippen LogP contribution in [0, 0.1) is 6.92 Å². The first-order valence-electron chi connectivity index (χ1n) is 9.48. The van der Waals surface area contributed by atoms with Crippen molar-refractivity contribution < 1.29 is 18.0 Å². The van der Waals surface area contributed by atoms with Crippen molar-refractivity contribution in [3.8, 4) is 0 Å². The molecule has 8 nitrogen and oxygen atoms in total. The Morgan fingerprint density at radius 2 is 1.84 bits per heavy atom. The Hall–Kier alpha value is -3.56. The van der Waals surface area contributed by atoms with E-state index >= 15 is 0 Å². The molecule has 0 spiro atoms. The van der Waals surface area contributed by atoms with Crippen molar-refractivity contribution in [2.45, 2.75) is 18.4 Å². The number of fused-ring (bicyclic) bond motifs is 1. The number of carbonyl (C=O) groups excluding carboxylic acids is 2. The van der Waals surface area contributed by atoms with E-state index < -0.39 is 15.9 Å². The summed E-state index contributed by atoms with van der Waals surface area (Å²) < 4.78 is 28.7. The normalized spacial score (nSPS) is 11.4. The van der Waals surface area contributed by atoms with Crippen LogP contribution in [0.25, 0.3) is 11.2 Å². The number of hydrogen-bond acceptors (Lipinski definition) is 6. The van der Waals surface area contributed by atoms with Gasteiger partial charge in [0.25, 0.3) is 15.9 Å². The molecule has 2 aromatic heterocycles. The fraction of sp³-hybridized carbons (Fsp3) is 0.0909. The molecule has 162 valence electrons. The van der Waals surface area contributed by atoms with E-state index in [0.29, 0.717) is 40.4 Å². The Bertz CT molecular complexity index is 1450. The van der Waals surface area contributed by atoms with Gasteiger partial charge in [-0.25, -0.2) is 23.1 Å². The highest BCUT2D eigenvalue weighted by atomic mass is 35.5. The number of pyridine rings is 1. The first-order valence-corrected chi connectivity index (χ1v) is 11.3. The first kappa shape index (κ1) is 21.7. The van der Waals surface area contributed by atoms with Gasteiger partial charge < -0.3 is 4.57 Å². The molecule has 0 atom stereocenters. The van der Waals surface area contributed by atoms with E-state index in [0.717, 1.165) is 5.56 Å². The highest BCUT2D eigenvalue weighted by molar-refractivity contribution is 7.90. The van der Waals surface area contributed by atoms with Gasteiger partial charge in [-0.15, -0.1) is 0 Å². The summed E-state index contributed by atoms with van der Waals surface area (Å²) >= 11 is 6.30. The maximum Gasteiger partial charge on any atom is 0.283 e. The fourth-order valence-corrected chi connectivity index (χ4v) is 4.43. The van der Waals surface area contributed by atoms with Crippen LogP contribution >= 0.6 is 11.6 Å². The molecule has 0 saturated heterocycles. The van der Waals surface area contributed by atoms with Crippen LogP contribution in [0.1, 0.15) is 32.2 Å². The number of aldehydes is 1. The summed E-state index contributed by atoms with van der Waals surface area (Å²) in [4.78, 5) is 32.4. The molecule has 0 radical (unpaired) electrons. The summed E-state index contributed by atoms with van der Waals surface area (Å²) in [6.45, 7) is 2.09. The molecule has 0 aliphatic carbocycles. The SMILES string of the molecule is Cc1nc2ccc(C(=O)NS(=O)(=O)c3ccccc3)nc2n1Cc1ccc(C=O)cc1Cl. The maximum atomic E-state index is 12.6. The molecular weight excluding hydrogens is 452 g/mol. The third kappa shape index (κ3) is 4.25. The number of imidazole rings is 1. The Kier molecular flexibility index (Phi) is 5.77. The lowest BCUT2D eigenvalue weighted by molar-refractivity contribution is 0.0976. The van der Waals surface area contributed by atoms with Crippen LogP contribution in [-0.2, 0) is 16.6 Å². The average Bonchev–Trinajstić information content (AvgIpc) is 3.09. The Morgan fingerprint density at radius 3 is 2.53 bits per heavy atom. The minimum atomic E-state index is -4.03. The number of sulfonamides is 1. The zero-order chi connectivity index (χ0) is 22.9. The number of carbonyl (C=O) groups is 2. The number of rotatable bonds is 6. The van der Waals surface area contributed by atoms with Gasteiger partial charge in [0.15, 0.2) is 5.65 Å². The van der Waals surface area contributed by atoms with Crippen molar-refractivity contribution in [1.82, 2.24) is 19.3 Å². The Labute approximate surface area is 188 Å². The van der Waals surface area contributed by atoms with Gasteiger partial charge in [-0.2, -0.15) is 0 Å². The van der Waals surface area contributed by atoms with Gasteiger partial charge in [0.05, 0.1) is 11.4 Å². The molecule has 0 aliphatic rings. The van der Waals surface area contributed by atoms with Crippen molar-refractivity contribution in [3.63, 3.8) is 0 Å². The van der Waals surface area contributed by atoms with Gasteiger partial charge in [0.2, 0.25) is 0 Å². The largest absolute Gasteiger partial charge is 0.308 e. The van der Waals surface area contributed by atoms with Crippen molar-refractivity contribution in [2.24, 2.45) is 0 Å². The first-order chi connectivity index (χ1) is 15.3.